The molecule has 0 spiro atoms. The predicted octanol–water partition coefficient (Wildman–Crippen LogP) is -2.18. The second-order valence-electron chi connectivity index (χ2n) is 1.21. The Morgan fingerprint density at radius 1 is 1.83 bits per heavy atom. The first kappa shape index (κ1) is 6.28. The summed E-state index contributed by atoms with van der Waals surface area (Å²) in [7, 11) is 0.639. The molecule has 0 fully saturated rings. The fourth-order valence-corrected chi connectivity index (χ4v) is 0. The lowest BCUT2D eigenvalue weighted by Crippen LogP contribution is -2.11. The molecule has 3 N–H and O–H groups in total. The Morgan fingerprint density at radius 2 is 2.00 bits per heavy atom. The van der Waals surface area contributed by atoms with Gasteiger partial charge in [-0.1, -0.05) is 0 Å². The van der Waals surface area contributed by atoms with Crippen LogP contribution in [0.4, 0.5) is 0 Å². The third-order valence-corrected chi connectivity index (χ3v) is 1.33. The minimum absolute atomic E-state index is 1.47. The van der Waals surface area contributed by atoms with Crippen LogP contribution in [0.1, 0.15) is 0 Å². The third kappa shape index (κ3) is 4.28. The van der Waals surface area contributed by atoms with Gasteiger partial charge in [0.05, 0.1) is 0 Å². The molecule has 0 saturated carbocycles. The Bertz CT molecular complexity index is 75.6. The van der Waals surface area contributed by atoms with E-state index in [-0.39, 0.29) is 0 Å². The fourth-order valence-electron chi connectivity index (χ4n) is 0. The number of rotatable bonds is 1. The van der Waals surface area contributed by atoms with E-state index in [0.717, 1.165) is 0 Å². The molecule has 6 heteroatoms. The van der Waals surface area contributed by atoms with Gasteiger partial charge in [0, 0.05) is 0 Å². The van der Waals surface area contributed by atoms with Gasteiger partial charge in [-0.15, -0.1) is 0 Å². The van der Waals surface area contributed by atoms with Gasteiger partial charge in [0.2, 0.25) is 7.57 Å². The molecule has 0 radical (unpaired) electrons. The second-order valence-corrected chi connectivity index (χ2v) is 3.64. The summed E-state index contributed by atoms with van der Waals surface area (Å²) in [6.07, 6.45) is 0. The molecule has 6 heavy (non-hydrogen) atoms. The van der Waals surface area contributed by atoms with E-state index in [1.165, 1.54) is 7.57 Å². The molecule has 0 aromatic heterocycles. The van der Waals surface area contributed by atoms with Crippen molar-refractivity contribution in [3.05, 3.63) is 0 Å². The van der Waals surface area contributed by atoms with Gasteiger partial charge in [0.1, 0.15) is 7.32 Å². The normalized spacial score (nSPS) is 19.5. The van der Waals surface area contributed by atoms with E-state index in [1.807, 2.05) is 0 Å². The van der Waals surface area contributed by atoms with Crippen LogP contribution in [0.15, 0.2) is 0 Å². The van der Waals surface area contributed by atoms with Gasteiger partial charge in [-0.3, -0.25) is 5.50 Å². The maximum Gasteiger partial charge on any atom is 0.218 e. The van der Waals surface area contributed by atoms with E-state index in [2.05, 4.69) is 5.00 Å². The van der Waals surface area contributed by atoms with Crippen LogP contribution in [0, 0.1) is 0 Å². The predicted molar refractivity (Wildman–Crippen MR) is 32.0 cm³/mol. The molecule has 0 saturated heterocycles. The summed E-state index contributed by atoms with van der Waals surface area (Å²) in [6.45, 7) is 0. The number of hydrogen-bond donors (Lipinski definition) is 2. The molecule has 0 rings (SSSR count). The van der Waals surface area contributed by atoms with Crippen LogP contribution in [0.5, 0.6) is 0 Å². The molecule has 1 unspecified atom stereocenters. The summed E-state index contributed by atoms with van der Waals surface area (Å²) in [6, 6.07) is 0. The standard InChI is InChI=1S/B2H7N2OP/c1-4-6(2,3)5/h1-2H2,(H3,3,4,5). The maximum atomic E-state index is 10.2. The van der Waals surface area contributed by atoms with Crippen molar-refractivity contribution in [2.45, 2.75) is 0 Å². The molecule has 0 aromatic rings. The van der Waals surface area contributed by atoms with Crippen molar-refractivity contribution in [2.24, 2.45) is 5.50 Å². The SMILES string of the molecule is BNP(B)(N)=O. The summed E-state index contributed by atoms with van der Waals surface area (Å²) in [5.74, 6) is 0. The summed E-state index contributed by atoms with van der Waals surface area (Å²) < 4.78 is 10.2. The van der Waals surface area contributed by atoms with Gasteiger partial charge < -0.3 is 9.56 Å². The van der Waals surface area contributed by atoms with E-state index < -0.39 is 7.32 Å². The van der Waals surface area contributed by atoms with E-state index in [9.17, 15) is 4.57 Å². The Balaban J connectivity index is 3.48. The molecule has 0 amide bonds. The summed E-state index contributed by atoms with van der Waals surface area (Å²) in [5, 5.41) is 0. The zero-order chi connectivity index (χ0) is 5.21. The Labute approximate surface area is 38.9 Å². The Kier molecular flexibility index (Phi) is 1.91. The van der Waals surface area contributed by atoms with Gasteiger partial charge in [0.15, 0.2) is 7.98 Å². The highest BCUT2D eigenvalue weighted by atomic mass is 31.2. The monoisotopic (exact) mass is 104 g/mol. The average molecular weight is 104 g/mol. The van der Waals surface area contributed by atoms with E-state index >= 15 is 0 Å². The van der Waals surface area contributed by atoms with Crippen molar-refractivity contribution in [3.63, 3.8) is 0 Å². The van der Waals surface area contributed by atoms with Crippen molar-refractivity contribution < 1.29 is 4.57 Å². The van der Waals surface area contributed by atoms with Gasteiger partial charge in [-0.05, 0) is 0 Å². The molecule has 1 atom stereocenters. The van der Waals surface area contributed by atoms with Crippen molar-refractivity contribution in [2.75, 3.05) is 0 Å². The first-order valence-corrected chi connectivity index (χ1v) is 3.83. The van der Waals surface area contributed by atoms with Crippen LogP contribution in [0.2, 0.25) is 0 Å². The second kappa shape index (κ2) is 1.82. The summed E-state index contributed by atoms with van der Waals surface area (Å²) in [4.78, 5) is 2.44. The molecule has 0 aliphatic rings. The zero-order valence-corrected chi connectivity index (χ0v) is 4.83. The fraction of sp³-hybridized carbons (Fsp3) is 0. The lowest BCUT2D eigenvalue weighted by molar-refractivity contribution is 0.583. The van der Waals surface area contributed by atoms with Gasteiger partial charge >= 0.3 is 0 Å². The largest absolute Gasteiger partial charge is 0.310 e. The van der Waals surface area contributed by atoms with Crippen LogP contribution in [-0.2, 0) is 4.57 Å². The molecule has 0 aromatic carbocycles. The van der Waals surface area contributed by atoms with Crippen LogP contribution in [-0.4, -0.2) is 15.5 Å². The highest BCUT2D eigenvalue weighted by Gasteiger charge is 1.97. The lowest BCUT2D eigenvalue weighted by Gasteiger charge is -2.00. The Morgan fingerprint density at radius 3 is 2.00 bits per heavy atom. The first-order chi connectivity index (χ1) is 2.56. The quantitative estimate of drug-likeness (QED) is 0.293. The van der Waals surface area contributed by atoms with Crippen LogP contribution >= 0.6 is 7.32 Å². The van der Waals surface area contributed by atoms with Crippen molar-refractivity contribution in [1.82, 2.24) is 5.00 Å². The smallest absolute Gasteiger partial charge is 0.218 e. The lowest BCUT2D eigenvalue weighted by atomic mass is 10.5. The highest BCUT2D eigenvalue weighted by molar-refractivity contribution is 7.84. The summed E-state index contributed by atoms with van der Waals surface area (Å²) >= 11 is 0. The molecular formula is H7B2N2OP. The van der Waals surface area contributed by atoms with Crippen LogP contribution < -0.4 is 10.5 Å². The minimum atomic E-state index is -2.40. The van der Waals surface area contributed by atoms with Crippen molar-refractivity contribution in [1.29, 1.82) is 0 Å². The molecule has 0 aliphatic heterocycles. The summed E-state index contributed by atoms with van der Waals surface area (Å²) in [5.41, 5.74) is 4.98. The topological polar surface area (TPSA) is 55.1 Å². The third-order valence-electron chi connectivity index (χ3n) is 0.444. The molecule has 0 heterocycles. The number of nitrogens with one attached hydrogen (secondary N) is 1. The van der Waals surface area contributed by atoms with E-state index in [4.69, 9.17) is 5.50 Å². The van der Waals surface area contributed by atoms with E-state index in [1.54, 1.807) is 7.98 Å². The highest BCUT2D eigenvalue weighted by Crippen LogP contribution is 2.18. The molecule has 34 valence electrons. The van der Waals surface area contributed by atoms with Crippen molar-refractivity contribution in [3.8, 4) is 0 Å². The average Bonchev–Trinajstić information content (AvgIpc) is 1.35. The van der Waals surface area contributed by atoms with Crippen LogP contribution in [0.25, 0.3) is 0 Å². The van der Waals surface area contributed by atoms with Crippen molar-refractivity contribution >= 4 is 22.9 Å². The van der Waals surface area contributed by atoms with Gasteiger partial charge in [0.25, 0.3) is 0 Å². The van der Waals surface area contributed by atoms with E-state index in [0.29, 0.717) is 0 Å². The van der Waals surface area contributed by atoms with Gasteiger partial charge in [-0.2, -0.15) is 0 Å². The minimum Gasteiger partial charge on any atom is -0.310 e. The Hall–Kier alpha value is 0.280. The van der Waals surface area contributed by atoms with Crippen LogP contribution in [0.3, 0.4) is 0 Å². The number of nitrogens with two attached hydrogens (primary N) is 1. The van der Waals surface area contributed by atoms with Gasteiger partial charge in [-0.25, -0.2) is 0 Å². The molecule has 0 bridgehead atoms. The zero-order valence-electron chi connectivity index (χ0n) is 3.93. The molecule has 3 nitrogen and oxygen atoms in total. The maximum absolute atomic E-state index is 10.2. The number of hydrogen-bond acceptors (Lipinski definition) is 1. The molecule has 0 aliphatic carbocycles. The first-order valence-electron chi connectivity index (χ1n) is 1.61. The molecular weight excluding hydrogens is 96.6 g/mol.